The number of nitrogens with one attached hydrogen (secondary N) is 1. The molecule has 0 aromatic carbocycles. The number of alkyl carbamates (subject to hydrolysis) is 1. The van der Waals surface area contributed by atoms with Gasteiger partial charge in [-0.15, -0.1) is 0 Å². The first kappa shape index (κ1) is 29.7. The van der Waals surface area contributed by atoms with Gasteiger partial charge in [0, 0.05) is 43.3 Å². The summed E-state index contributed by atoms with van der Waals surface area (Å²) in [6, 6.07) is 3.29. The van der Waals surface area contributed by atoms with Crippen molar-refractivity contribution >= 4 is 12.1 Å². The molecule has 5 fully saturated rings. The summed E-state index contributed by atoms with van der Waals surface area (Å²) in [4.78, 5) is 38.8. The van der Waals surface area contributed by atoms with Gasteiger partial charge >= 0.3 is 17.7 Å². The number of carbonyl (C=O) groups excluding carboxylic acids is 2. The summed E-state index contributed by atoms with van der Waals surface area (Å²) in [5, 5.41) is 15.9. The summed E-state index contributed by atoms with van der Waals surface area (Å²) >= 11 is 0. The van der Waals surface area contributed by atoms with Crippen molar-refractivity contribution in [3.8, 4) is 0 Å². The van der Waals surface area contributed by atoms with Crippen LogP contribution in [-0.4, -0.2) is 66.1 Å². The number of esters is 1. The van der Waals surface area contributed by atoms with Crippen LogP contribution in [0.2, 0.25) is 0 Å². The quantitative estimate of drug-likeness (QED) is 0.466. The minimum Gasteiger partial charge on any atom is -0.462 e. The largest absolute Gasteiger partial charge is 0.462 e. The van der Waals surface area contributed by atoms with E-state index in [1.54, 1.807) is 6.07 Å². The van der Waals surface area contributed by atoms with Gasteiger partial charge in [0.1, 0.15) is 12.7 Å². The monoisotopic (exact) mass is 584 g/mol. The van der Waals surface area contributed by atoms with Crippen LogP contribution in [0.25, 0.3) is 0 Å². The summed E-state index contributed by atoms with van der Waals surface area (Å²) in [6.45, 7) is 9.41. The molecule has 1 aliphatic heterocycles. The van der Waals surface area contributed by atoms with Gasteiger partial charge in [0.15, 0.2) is 0 Å². The molecule has 4 aliphatic carbocycles. The van der Waals surface area contributed by atoms with Gasteiger partial charge in [0.05, 0.1) is 11.9 Å². The van der Waals surface area contributed by atoms with Crippen molar-refractivity contribution in [3.05, 3.63) is 34.4 Å². The third-order valence-electron chi connectivity index (χ3n) is 12.4. The zero-order valence-electron chi connectivity index (χ0n) is 25.4. The Kier molecular flexibility index (Phi) is 7.96. The summed E-state index contributed by atoms with van der Waals surface area (Å²) < 4.78 is 16.6. The first-order valence-corrected chi connectivity index (χ1v) is 16.2. The van der Waals surface area contributed by atoms with Crippen molar-refractivity contribution in [3.63, 3.8) is 0 Å². The first-order valence-electron chi connectivity index (χ1n) is 16.2. The fourth-order valence-corrected chi connectivity index (χ4v) is 10.3. The van der Waals surface area contributed by atoms with Gasteiger partial charge in [-0.2, -0.15) is 0 Å². The van der Waals surface area contributed by atoms with E-state index in [0.717, 1.165) is 70.1 Å². The fourth-order valence-electron chi connectivity index (χ4n) is 10.3. The Morgan fingerprint density at radius 2 is 1.88 bits per heavy atom. The molecule has 9 atom stereocenters. The average molecular weight is 585 g/mol. The van der Waals surface area contributed by atoms with Crippen LogP contribution in [0.1, 0.15) is 96.5 Å². The number of fused-ring (bicyclic) bond motifs is 5. The number of rotatable bonds is 6. The number of amides is 1. The summed E-state index contributed by atoms with van der Waals surface area (Å²) in [5.74, 6) is 0.309. The van der Waals surface area contributed by atoms with E-state index in [2.05, 4.69) is 24.1 Å². The topological polar surface area (TPSA) is 118 Å². The lowest BCUT2D eigenvalue weighted by Crippen LogP contribution is -2.62. The molecular formula is C33H48N2O7. The first-order chi connectivity index (χ1) is 20.0. The van der Waals surface area contributed by atoms with Gasteiger partial charge in [-0.1, -0.05) is 13.8 Å². The van der Waals surface area contributed by atoms with Gasteiger partial charge in [0.2, 0.25) is 0 Å². The van der Waals surface area contributed by atoms with E-state index >= 15 is 0 Å². The Labute approximate surface area is 248 Å². The number of hydrogen-bond donors (Lipinski definition) is 2. The second-order valence-corrected chi connectivity index (χ2v) is 14.4. The zero-order chi connectivity index (χ0) is 29.7. The third-order valence-corrected chi connectivity index (χ3v) is 12.4. The molecule has 9 nitrogen and oxygen atoms in total. The zero-order valence-corrected chi connectivity index (χ0v) is 25.4. The lowest BCUT2D eigenvalue weighted by molar-refractivity contribution is -0.202. The molecule has 1 amide bonds. The molecule has 6 rings (SSSR count). The van der Waals surface area contributed by atoms with E-state index in [1.165, 1.54) is 32.1 Å². The van der Waals surface area contributed by atoms with E-state index in [9.17, 15) is 19.5 Å². The number of carbonyl (C=O) groups is 2. The Morgan fingerprint density at radius 3 is 2.60 bits per heavy atom. The summed E-state index contributed by atoms with van der Waals surface area (Å²) in [7, 11) is 0. The van der Waals surface area contributed by atoms with Gasteiger partial charge in [-0.05, 0) is 106 Å². The van der Waals surface area contributed by atoms with Crippen molar-refractivity contribution in [1.29, 1.82) is 0 Å². The second-order valence-electron chi connectivity index (χ2n) is 14.4. The van der Waals surface area contributed by atoms with E-state index in [0.29, 0.717) is 24.9 Å². The average Bonchev–Trinajstić information content (AvgIpc) is 3.53. The molecule has 5 aliphatic rings. The molecule has 232 valence electrons. The highest BCUT2D eigenvalue weighted by Crippen LogP contribution is 2.70. The molecule has 42 heavy (non-hydrogen) atoms. The molecule has 4 saturated carbocycles. The van der Waals surface area contributed by atoms with Crippen molar-refractivity contribution in [2.75, 3.05) is 26.2 Å². The van der Waals surface area contributed by atoms with Crippen LogP contribution >= 0.6 is 0 Å². The minimum absolute atomic E-state index is 0.0758. The molecule has 2 heterocycles. The van der Waals surface area contributed by atoms with E-state index in [-0.39, 0.29) is 35.4 Å². The number of ether oxygens (including phenoxy) is 2. The molecule has 1 aromatic rings. The van der Waals surface area contributed by atoms with Gasteiger partial charge in [-0.25, -0.2) is 9.59 Å². The predicted octanol–water partition coefficient (Wildman–Crippen LogP) is 4.61. The molecule has 0 bridgehead atoms. The summed E-state index contributed by atoms with van der Waals surface area (Å²) in [6.07, 6.45) is 10.1. The highest BCUT2D eigenvalue weighted by Gasteiger charge is 2.70. The molecule has 0 spiro atoms. The maximum atomic E-state index is 12.7. The molecule has 2 unspecified atom stereocenters. The Balaban J connectivity index is 1.15. The van der Waals surface area contributed by atoms with Gasteiger partial charge in [-0.3, -0.25) is 9.69 Å². The molecule has 9 heteroatoms. The molecule has 1 aromatic heterocycles. The number of aliphatic hydroxyl groups is 1. The number of nitrogens with zero attached hydrogens (tertiary/aromatic N) is 1. The van der Waals surface area contributed by atoms with Gasteiger partial charge in [0.25, 0.3) is 0 Å². The van der Waals surface area contributed by atoms with Crippen LogP contribution in [0.5, 0.6) is 0 Å². The number of hydrogen-bond acceptors (Lipinski definition) is 8. The maximum Gasteiger partial charge on any atom is 0.407 e. The van der Waals surface area contributed by atoms with E-state index < -0.39 is 22.7 Å². The highest BCUT2D eigenvalue weighted by molar-refractivity contribution is 5.67. The van der Waals surface area contributed by atoms with Crippen LogP contribution in [-0.2, 0) is 14.3 Å². The standard InChI is InChI=1S/C33H48N2O7/c1-21(36)42-27-19-33(39)26-8-7-23-18-24(34-30(38)40-17-16-35-14-4-5-15-35)10-12-31(23,2)25(26)11-13-32(33,3)29(27)22-6-9-28(37)41-20-22/h6,9,20,23-27,29,39H,4-5,7-8,10-19H2,1-3H3,(H,34,38)/t23-,24+,25?,26?,27+,29+,31+,32-,33+/m1/s1. The number of likely N-dealkylation sites (tertiary alicyclic amines) is 1. The van der Waals surface area contributed by atoms with Crippen molar-refractivity contribution in [2.45, 2.75) is 109 Å². The smallest absolute Gasteiger partial charge is 0.407 e. The molecule has 2 N–H and O–H groups in total. The minimum atomic E-state index is -1.00. The molecular weight excluding hydrogens is 536 g/mol. The van der Waals surface area contributed by atoms with Crippen molar-refractivity contribution in [2.24, 2.45) is 28.6 Å². The normalized spacial score (nSPS) is 41.3. The SMILES string of the molecule is CC(=O)O[C@H]1C[C@]2(O)C3CC[C@@H]4C[C@@H](NC(=O)OCCN5CCCC5)CC[C@]4(C)C3CC[C@]2(C)[C@H]1c1ccc(=O)oc1. The maximum absolute atomic E-state index is 12.7. The Bertz CT molecular complexity index is 1210. The van der Waals surface area contributed by atoms with Crippen molar-refractivity contribution < 1.29 is 28.6 Å². The summed E-state index contributed by atoms with van der Waals surface area (Å²) in [5.41, 5.74) is -1.06. The predicted molar refractivity (Wildman–Crippen MR) is 156 cm³/mol. The van der Waals surface area contributed by atoms with Crippen LogP contribution in [0.4, 0.5) is 4.79 Å². The Morgan fingerprint density at radius 1 is 1.10 bits per heavy atom. The van der Waals surface area contributed by atoms with Crippen LogP contribution < -0.4 is 10.9 Å². The third kappa shape index (κ3) is 5.08. The van der Waals surface area contributed by atoms with Crippen LogP contribution in [0.15, 0.2) is 27.6 Å². The van der Waals surface area contributed by atoms with Crippen molar-refractivity contribution in [1.82, 2.24) is 10.2 Å². The fraction of sp³-hybridized carbons (Fsp3) is 0.788. The van der Waals surface area contributed by atoms with Crippen LogP contribution in [0.3, 0.4) is 0 Å². The highest BCUT2D eigenvalue weighted by atomic mass is 16.6. The lowest BCUT2D eigenvalue weighted by Gasteiger charge is -2.63. The van der Waals surface area contributed by atoms with E-state index in [1.807, 2.05) is 0 Å². The molecule has 1 saturated heterocycles. The van der Waals surface area contributed by atoms with E-state index in [4.69, 9.17) is 13.9 Å². The second kappa shape index (κ2) is 11.3. The Hall–Kier alpha value is -2.39. The van der Waals surface area contributed by atoms with Crippen LogP contribution in [0, 0.1) is 28.6 Å². The molecule has 0 radical (unpaired) electrons. The lowest BCUT2D eigenvalue weighted by atomic mass is 9.43. The van der Waals surface area contributed by atoms with Gasteiger partial charge < -0.3 is 24.3 Å².